The van der Waals surface area contributed by atoms with Crippen LogP contribution in [-0.2, 0) is 4.43 Å². The van der Waals surface area contributed by atoms with E-state index in [0.29, 0.717) is 0 Å². The monoisotopic (exact) mass is 170 g/mol. The van der Waals surface area contributed by atoms with E-state index in [1.54, 1.807) is 0 Å². The third-order valence-corrected chi connectivity index (χ3v) is 0.774. The van der Waals surface area contributed by atoms with E-state index in [1.165, 1.54) is 0 Å². The van der Waals surface area contributed by atoms with Gasteiger partial charge in [-0.1, -0.05) is 0 Å². The Balaban J connectivity index is -0.000000125. The van der Waals surface area contributed by atoms with Gasteiger partial charge in [0.15, 0.2) is 0 Å². The van der Waals surface area contributed by atoms with Crippen molar-refractivity contribution in [2.24, 2.45) is 0 Å². The Bertz CT molecular complexity index is 45.8. The van der Waals surface area contributed by atoms with E-state index in [4.69, 9.17) is 4.80 Å². The van der Waals surface area contributed by atoms with E-state index in [1.807, 2.05) is 0 Å². The maximum absolute atomic E-state index is 9.39. The van der Waals surface area contributed by atoms with Crippen molar-refractivity contribution in [1.82, 2.24) is 0 Å². The van der Waals surface area contributed by atoms with Crippen molar-refractivity contribution in [2.45, 2.75) is 0 Å². The largest absolute Gasteiger partial charge is 1.00 e. The zero-order valence-electron chi connectivity index (χ0n) is 5.17. The molecule has 0 radical (unpaired) electrons. The van der Waals surface area contributed by atoms with Gasteiger partial charge in [0.1, 0.15) is 9.05 Å². The normalized spacial score (nSPS) is 9.00. The molecule has 0 aromatic heterocycles. The number of hydrogen-bond donors (Lipinski definition) is 1. The Hall–Kier alpha value is 2.69. The molecule has 0 aliphatic carbocycles. The smallest absolute Gasteiger partial charge is 0.828 e. The molecule has 0 unspecified atom stereocenters. The summed E-state index contributed by atoms with van der Waals surface area (Å²) in [6, 6.07) is 0. The topological polar surface area (TPSA) is 75.6 Å². The Kier molecular flexibility index (Phi) is 16.5. The van der Waals surface area contributed by atoms with Crippen molar-refractivity contribution in [1.29, 1.82) is 0 Å². The molecule has 0 rings (SSSR count). The van der Waals surface area contributed by atoms with E-state index in [9.17, 15) is 9.59 Å². The van der Waals surface area contributed by atoms with Crippen LogP contribution in [0.2, 0.25) is 0 Å². The fourth-order valence-corrected chi connectivity index (χ4v) is 0. The second-order valence-corrected chi connectivity index (χ2v) is 2.18. The van der Waals surface area contributed by atoms with Crippen molar-refractivity contribution in [3.8, 4) is 0 Å². The molecule has 0 saturated heterocycles. The van der Waals surface area contributed by atoms with Crippen LogP contribution >= 0.6 is 0 Å². The average molecular weight is 170 g/mol. The summed E-state index contributed by atoms with van der Waals surface area (Å²) in [4.78, 5) is 26.4. The van der Waals surface area contributed by atoms with Crippen molar-refractivity contribution >= 4 is 9.05 Å². The summed E-state index contributed by atoms with van der Waals surface area (Å²) in [5.41, 5.74) is 0. The van der Waals surface area contributed by atoms with E-state index in [2.05, 4.69) is 4.43 Å². The molecule has 0 heterocycles. The quantitative estimate of drug-likeness (QED) is 0.396. The zero-order valence-corrected chi connectivity index (χ0v) is 11.3. The average Bonchev–Trinajstić information content (AvgIpc) is 1.35. The van der Waals surface area contributed by atoms with Gasteiger partial charge in [-0.15, -0.1) is 0 Å². The summed E-state index contributed by atoms with van der Waals surface area (Å²) < 4.78 is 3.52. The minimum Gasteiger partial charge on any atom is -0.828 e. The molecular weight excluding hydrogens is 166 g/mol. The van der Waals surface area contributed by atoms with Gasteiger partial charge in [0, 0.05) is 7.11 Å². The van der Waals surface area contributed by atoms with Crippen LogP contribution in [0.5, 0.6) is 0 Å². The maximum Gasteiger partial charge on any atom is 1.00 e. The molecule has 0 aromatic carbocycles. The standard InChI is InChI=1S/CH4O4Si.K.Na/c1-5-6(2,3)4;;/h2H,1H3;;/q-2;2*+1. The number of rotatable bonds is 1. The van der Waals surface area contributed by atoms with Crippen molar-refractivity contribution in [3.05, 3.63) is 0 Å². The van der Waals surface area contributed by atoms with Gasteiger partial charge in [-0.3, -0.25) is 0 Å². The first kappa shape index (κ1) is 17.0. The summed E-state index contributed by atoms with van der Waals surface area (Å²) in [5.74, 6) is 0. The molecule has 8 heavy (non-hydrogen) atoms. The van der Waals surface area contributed by atoms with Gasteiger partial charge in [-0.25, -0.2) is 0 Å². The van der Waals surface area contributed by atoms with Crippen molar-refractivity contribution < 1.29 is 99.8 Å². The van der Waals surface area contributed by atoms with Crippen LogP contribution < -0.4 is 90.5 Å². The summed E-state index contributed by atoms with van der Waals surface area (Å²) in [5, 5.41) is 0. The molecular formula is CH4KNaO4Si. The first-order chi connectivity index (χ1) is 2.56. The molecule has 4 nitrogen and oxygen atoms in total. The predicted molar refractivity (Wildman–Crippen MR) is 15.0 cm³/mol. The van der Waals surface area contributed by atoms with Gasteiger partial charge >= 0.3 is 80.9 Å². The van der Waals surface area contributed by atoms with E-state index in [-0.39, 0.29) is 80.9 Å². The fraction of sp³-hybridized carbons (Fsp3) is 1.00. The first-order valence-corrected chi connectivity index (χ1v) is 2.92. The molecule has 0 saturated carbocycles. The molecule has 0 aromatic rings. The van der Waals surface area contributed by atoms with Crippen LogP contribution in [0.1, 0.15) is 0 Å². The van der Waals surface area contributed by atoms with Crippen LogP contribution in [0, 0.1) is 0 Å². The minimum absolute atomic E-state index is 0. The van der Waals surface area contributed by atoms with Gasteiger partial charge in [0.2, 0.25) is 0 Å². The van der Waals surface area contributed by atoms with Crippen LogP contribution in [0.25, 0.3) is 0 Å². The molecule has 1 N–H and O–H groups in total. The van der Waals surface area contributed by atoms with Crippen LogP contribution in [0.3, 0.4) is 0 Å². The zero-order chi connectivity index (χ0) is 5.21. The Morgan fingerprint density at radius 2 is 1.62 bits per heavy atom. The summed E-state index contributed by atoms with van der Waals surface area (Å²) >= 11 is 0. The first-order valence-electron chi connectivity index (χ1n) is 1.24. The molecule has 0 amide bonds. The molecule has 0 aliphatic rings. The Labute approximate surface area is 113 Å². The number of hydrogen-bond acceptors (Lipinski definition) is 4. The van der Waals surface area contributed by atoms with Gasteiger partial charge in [0.25, 0.3) is 0 Å². The summed E-state index contributed by atoms with van der Waals surface area (Å²) in [7, 11) is -3.74. The predicted octanol–water partition coefficient (Wildman–Crippen LogP) is -9.21. The summed E-state index contributed by atoms with van der Waals surface area (Å²) in [6.07, 6.45) is 0. The van der Waals surface area contributed by atoms with Crippen LogP contribution in [0.15, 0.2) is 0 Å². The SMILES string of the molecule is CO[Si]([O-])([O-])O.[K+].[Na+]. The molecule has 0 bridgehead atoms. The Morgan fingerprint density at radius 1 is 1.50 bits per heavy atom. The second-order valence-electron chi connectivity index (χ2n) is 0.728. The second kappa shape index (κ2) is 7.80. The fourth-order valence-electron chi connectivity index (χ4n) is 0. The van der Waals surface area contributed by atoms with E-state index in [0.717, 1.165) is 7.11 Å². The van der Waals surface area contributed by atoms with Gasteiger partial charge in [-0.2, -0.15) is 0 Å². The maximum atomic E-state index is 9.39. The van der Waals surface area contributed by atoms with Crippen molar-refractivity contribution in [3.63, 3.8) is 0 Å². The van der Waals surface area contributed by atoms with Crippen LogP contribution in [0.4, 0.5) is 0 Å². The van der Waals surface area contributed by atoms with Gasteiger partial charge < -0.3 is 18.8 Å². The minimum atomic E-state index is -4.63. The van der Waals surface area contributed by atoms with Crippen LogP contribution in [-0.4, -0.2) is 21.0 Å². The molecule has 0 spiro atoms. The van der Waals surface area contributed by atoms with Crippen molar-refractivity contribution in [2.75, 3.05) is 7.11 Å². The van der Waals surface area contributed by atoms with E-state index >= 15 is 0 Å². The summed E-state index contributed by atoms with van der Waals surface area (Å²) in [6.45, 7) is 0. The third kappa shape index (κ3) is 15.9. The van der Waals surface area contributed by atoms with Gasteiger partial charge in [-0.05, 0) is 0 Å². The molecule has 0 atom stereocenters. The third-order valence-electron chi connectivity index (χ3n) is 0.258. The molecule has 0 fully saturated rings. The molecule has 7 heteroatoms. The molecule has 0 aliphatic heterocycles. The van der Waals surface area contributed by atoms with E-state index < -0.39 is 9.05 Å². The Morgan fingerprint density at radius 3 is 1.62 bits per heavy atom. The van der Waals surface area contributed by atoms with Gasteiger partial charge in [0.05, 0.1) is 0 Å². The molecule has 38 valence electrons.